The van der Waals surface area contributed by atoms with Crippen LogP contribution in [0.15, 0.2) is 41.4 Å². The van der Waals surface area contributed by atoms with Crippen LogP contribution in [-0.2, 0) is 0 Å². The summed E-state index contributed by atoms with van der Waals surface area (Å²) in [5, 5.41) is 12.3. The number of nitrogens with zero attached hydrogens (tertiary/aromatic N) is 1. The molecule has 1 unspecified atom stereocenters. The Kier molecular flexibility index (Phi) is 4.34. The summed E-state index contributed by atoms with van der Waals surface area (Å²) in [4.78, 5) is 4.11. The van der Waals surface area contributed by atoms with Crippen LogP contribution in [0, 0.1) is 13.8 Å². The van der Waals surface area contributed by atoms with Crippen LogP contribution < -0.4 is 10.6 Å². The van der Waals surface area contributed by atoms with Gasteiger partial charge in [-0.05, 0) is 30.8 Å². The molecule has 0 saturated carbocycles. The third kappa shape index (κ3) is 3.21. The molecule has 0 saturated heterocycles. The van der Waals surface area contributed by atoms with Crippen LogP contribution in [-0.4, -0.2) is 18.4 Å². The number of aromatic hydroxyl groups is 1. The molecule has 2 aromatic rings. The van der Waals surface area contributed by atoms with Gasteiger partial charge < -0.3 is 5.11 Å². The van der Waals surface area contributed by atoms with Crippen LogP contribution in [0.1, 0.15) is 16.7 Å². The van der Waals surface area contributed by atoms with Crippen LogP contribution in [0.4, 0.5) is 0 Å². The fourth-order valence-electron chi connectivity index (χ4n) is 1.95. The highest BCUT2D eigenvalue weighted by Gasteiger charge is 2.07. The van der Waals surface area contributed by atoms with E-state index in [0.29, 0.717) is 14.3 Å². The van der Waals surface area contributed by atoms with Crippen molar-refractivity contribution in [2.45, 2.75) is 13.8 Å². The first kappa shape index (κ1) is 13.8. The summed E-state index contributed by atoms with van der Waals surface area (Å²) in [6.07, 6.45) is 1.88. The minimum absolute atomic E-state index is 0.404. The number of hydrogen-bond donors (Lipinski definition) is 1. The average Bonchev–Trinajstić information content (AvgIpc) is 2.38. The summed E-state index contributed by atoms with van der Waals surface area (Å²) in [5.41, 5.74) is 3.27. The number of hydrogen-bond acceptors (Lipinski definition) is 2. The number of rotatable bonds is 3. The Bertz CT molecular complexity index is 620. The topological polar surface area (TPSA) is 32.6 Å². The van der Waals surface area contributed by atoms with Crippen molar-refractivity contribution in [1.82, 2.24) is 0 Å². The van der Waals surface area contributed by atoms with E-state index in [-0.39, 0.29) is 0 Å². The molecule has 0 aliphatic rings. The zero-order valence-corrected chi connectivity index (χ0v) is 12.4. The van der Waals surface area contributed by atoms with Crippen molar-refractivity contribution in [3.8, 4) is 5.75 Å². The largest absolute Gasteiger partial charge is 0.507 e. The van der Waals surface area contributed by atoms with Crippen LogP contribution >= 0.6 is 8.58 Å². The van der Waals surface area contributed by atoms with Gasteiger partial charge in [0.2, 0.25) is 0 Å². The van der Waals surface area contributed by atoms with Gasteiger partial charge in [0.25, 0.3) is 0 Å². The van der Waals surface area contributed by atoms with Gasteiger partial charge in [0.1, 0.15) is 5.75 Å². The van der Waals surface area contributed by atoms with Gasteiger partial charge in [-0.1, -0.05) is 44.5 Å². The van der Waals surface area contributed by atoms with Gasteiger partial charge in [0.15, 0.2) is 0 Å². The Hall–Kier alpha value is -1.66. The molecule has 0 heterocycles. The van der Waals surface area contributed by atoms with E-state index in [4.69, 9.17) is 0 Å². The lowest BCUT2D eigenvalue weighted by molar-refractivity contribution is 0.475. The van der Waals surface area contributed by atoms with Crippen molar-refractivity contribution in [3.63, 3.8) is 0 Å². The van der Waals surface area contributed by atoms with Crippen molar-refractivity contribution in [3.05, 3.63) is 53.1 Å². The molecule has 98 valence electrons. The number of benzene rings is 2. The first-order chi connectivity index (χ1) is 9.11. The Labute approximate surface area is 116 Å². The average molecular weight is 271 g/mol. The standard InChI is InChI=1S/C16H18NOP/c1-11-7-8-14(13(9-11)10-17-3)19-15-6-4-5-12(2)16(15)18/h4-10,18-19H,1-3H3/b17-10+. The minimum Gasteiger partial charge on any atom is -0.507 e. The predicted molar refractivity (Wildman–Crippen MR) is 85.1 cm³/mol. The molecule has 0 aliphatic heterocycles. The highest BCUT2D eigenvalue weighted by molar-refractivity contribution is 7.56. The van der Waals surface area contributed by atoms with Gasteiger partial charge in [-0.3, -0.25) is 4.99 Å². The van der Waals surface area contributed by atoms with E-state index in [1.807, 2.05) is 31.3 Å². The summed E-state index contributed by atoms with van der Waals surface area (Å²) < 4.78 is 0. The second-order valence-electron chi connectivity index (χ2n) is 4.57. The molecule has 2 aromatic carbocycles. The maximum atomic E-state index is 10.1. The molecule has 1 atom stereocenters. The molecule has 0 spiro atoms. The Balaban J connectivity index is 2.40. The zero-order chi connectivity index (χ0) is 13.8. The first-order valence-electron chi connectivity index (χ1n) is 6.20. The molecule has 1 N–H and O–H groups in total. The van der Waals surface area contributed by atoms with E-state index in [1.165, 1.54) is 10.9 Å². The van der Waals surface area contributed by atoms with Gasteiger partial charge in [-0.2, -0.15) is 0 Å². The van der Waals surface area contributed by atoms with Gasteiger partial charge in [-0.15, -0.1) is 0 Å². The molecule has 19 heavy (non-hydrogen) atoms. The third-order valence-corrected chi connectivity index (χ3v) is 4.38. The van der Waals surface area contributed by atoms with Crippen molar-refractivity contribution < 1.29 is 5.11 Å². The summed E-state index contributed by atoms with van der Waals surface area (Å²) in [5.74, 6) is 0.404. The summed E-state index contributed by atoms with van der Waals surface area (Å²) in [6.45, 7) is 4.00. The number of phenolic OH excluding ortho intramolecular Hbond substituents is 1. The molecule has 0 radical (unpaired) electrons. The van der Waals surface area contributed by atoms with E-state index in [0.717, 1.165) is 16.4 Å². The number of phenols is 1. The Morgan fingerprint density at radius 2 is 1.89 bits per heavy atom. The van der Waals surface area contributed by atoms with E-state index in [1.54, 1.807) is 7.05 Å². The molecular formula is C16H18NOP. The molecular weight excluding hydrogens is 253 g/mol. The van der Waals surface area contributed by atoms with Crippen LogP contribution in [0.2, 0.25) is 0 Å². The summed E-state index contributed by atoms with van der Waals surface area (Å²) >= 11 is 0. The smallest absolute Gasteiger partial charge is 0.126 e. The normalized spacial score (nSPS) is 11.7. The lowest BCUT2D eigenvalue weighted by atomic mass is 10.1. The molecule has 3 heteroatoms. The van der Waals surface area contributed by atoms with Gasteiger partial charge in [0.05, 0.1) is 0 Å². The lowest BCUT2D eigenvalue weighted by Gasteiger charge is -2.10. The third-order valence-electron chi connectivity index (χ3n) is 2.98. The maximum Gasteiger partial charge on any atom is 0.126 e. The quantitative estimate of drug-likeness (QED) is 0.675. The Morgan fingerprint density at radius 1 is 1.11 bits per heavy atom. The molecule has 0 bridgehead atoms. The molecule has 0 amide bonds. The van der Waals surface area contributed by atoms with Gasteiger partial charge >= 0.3 is 0 Å². The van der Waals surface area contributed by atoms with E-state index in [9.17, 15) is 5.11 Å². The van der Waals surface area contributed by atoms with Crippen molar-refractivity contribution in [2.75, 3.05) is 7.05 Å². The van der Waals surface area contributed by atoms with E-state index in [2.05, 4.69) is 30.1 Å². The second kappa shape index (κ2) is 5.99. The van der Waals surface area contributed by atoms with E-state index >= 15 is 0 Å². The zero-order valence-electron chi connectivity index (χ0n) is 11.4. The maximum absolute atomic E-state index is 10.1. The monoisotopic (exact) mass is 271 g/mol. The number of para-hydroxylation sites is 1. The number of aliphatic imine (C=N–C) groups is 1. The van der Waals surface area contributed by atoms with Crippen LogP contribution in [0.5, 0.6) is 5.75 Å². The van der Waals surface area contributed by atoms with Crippen molar-refractivity contribution in [2.24, 2.45) is 4.99 Å². The van der Waals surface area contributed by atoms with Crippen molar-refractivity contribution >= 4 is 25.4 Å². The second-order valence-corrected chi connectivity index (χ2v) is 5.90. The summed E-state index contributed by atoms with van der Waals surface area (Å²) in [6, 6.07) is 12.2. The fourth-order valence-corrected chi connectivity index (χ4v) is 3.18. The van der Waals surface area contributed by atoms with Crippen LogP contribution in [0.25, 0.3) is 0 Å². The molecule has 2 nitrogen and oxygen atoms in total. The fraction of sp³-hybridized carbons (Fsp3) is 0.188. The van der Waals surface area contributed by atoms with Gasteiger partial charge in [-0.25, -0.2) is 0 Å². The SMILES string of the molecule is C/N=C/c1cc(C)ccc1Pc1cccc(C)c1O. The highest BCUT2D eigenvalue weighted by atomic mass is 31.1. The molecule has 2 rings (SSSR count). The molecule has 0 aromatic heterocycles. The van der Waals surface area contributed by atoms with E-state index < -0.39 is 0 Å². The van der Waals surface area contributed by atoms with Crippen LogP contribution in [0.3, 0.4) is 0 Å². The number of aryl methyl sites for hydroxylation is 2. The lowest BCUT2D eigenvalue weighted by Crippen LogP contribution is -2.10. The molecule has 0 fully saturated rings. The van der Waals surface area contributed by atoms with Crippen molar-refractivity contribution in [1.29, 1.82) is 0 Å². The predicted octanol–water partition coefficient (Wildman–Crippen LogP) is 2.69. The summed E-state index contributed by atoms with van der Waals surface area (Å²) in [7, 11) is 2.21. The van der Waals surface area contributed by atoms with Gasteiger partial charge in [0, 0.05) is 24.1 Å². The first-order valence-corrected chi connectivity index (χ1v) is 7.20. The minimum atomic E-state index is 0.404. The Morgan fingerprint density at radius 3 is 2.63 bits per heavy atom. The highest BCUT2D eigenvalue weighted by Crippen LogP contribution is 2.22. The molecule has 0 aliphatic carbocycles.